The smallest absolute Gasteiger partial charge is 0.282 e. The van der Waals surface area contributed by atoms with E-state index in [4.69, 9.17) is 16.3 Å². The van der Waals surface area contributed by atoms with Gasteiger partial charge in [-0.05, 0) is 42.8 Å². The molecule has 2 aromatic carbocycles. The molecule has 2 aliphatic rings. The van der Waals surface area contributed by atoms with E-state index in [1.54, 1.807) is 42.5 Å². The summed E-state index contributed by atoms with van der Waals surface area (Å²) in [6.45, 7) is 8.83. The number of rotatable bonds is 7. The predicted octanol–water partition coefficient (Wildman–Crippen LogP) is 4.05. The lowest BCUT2D eigenvalue weighted by Gasteiger charge is -2.36. The monoisotopic (exact) mass is 453 g/mol. The van der Waals surface area contributed by atoms with Gasteiger partial charge in [0.1, 0.15) is 11.4 Å². The number of hydrogen-bond acceptors (Lipinski definition) is 5. The van der Waals surface area contributed by atoms with Gasteiger partial charge in [0, 0.05) is 37.3 Å². The first-order chi connectivity index (χ1) is 15.5. The lowest BCUT2D eigenvalue weighted by molar-refractivity contribution is -0.120. The molecule has 1 fully saturated rings. The number of piperazine rings is 1. The van der Waals surface area contributed by atoms with Crippen LogP contribution in [0.1, 0.15) is 25.8 Å². The lowest BCUT2D eigenvalue weighted by Crippen LogP contribution is -2.47. The average Bonchev–Trinajstić information content (AvgIpc) is 3.08. The summed E-state index contributed by atoms with van der Waals surface area (Å²) in [5.41, 5.74) is 2.10. The summed E-state index contributed by atoms with van der Waals surface area (Å²) in [6, 6.07) is 14.3. The second kappa shape index (κ2) is 9.76. The highest BCUT2D eigenvalue weighted by Crippen LogP contribution is 2.36. The molecule has 0 spiro atoms. The van der Waals surface area contributed by atoms with Crippen LogP contribution < -0.4 is 9.64 Å². The van der Waals surface area contributed by atoms with Crippen molar-refractivity contribution in [1.82, 2.24) is 9.80 Å². The zero-order chi connectivity index (χ0) is 22.7. The van der Waals surface area contributed by atoms with E-state index in [9.17, 15) is 9.59 Å². The quantitative estimate of drug-likeness (QED) is 0.592. The lowest BCUT2D eigenvalue weighted by atomic mass is 10.0. The minimum Gasteiger partial charge on any atom is -0.494 e. The Kier molecular flexibility index (Phi) is 6.82. The van der Waals surface area contributed by atoms with Crippen LogP contribution in [0.2, 0.25) is 5.02 Å². The van der Waals surface area contributed by atoms with Crippen LogP contribution in [0.3, 0.4) is 0 Å². The number of imide groups is 1. The van der Waals surface area contributed by atoms with E-state index in [1.165, 1.54) is 4.90 Å². The highest BCUT2D eigenvalue weighted by atomic mass is 35.5. The van der Waals surface area contributed by atoms with Crippen molar-refractivity contribution in [3.8, 4) is 5.75 Å². The van der Waals surface area contributed by atoms with Gasteiger partial charge in [0.15, 0.2) is 0 Å². The molecular weight excluding hydrogens is 426 g/mol. The summed E-state index contributed by atoms with van der Waals surface area (Å²) in [4.78, 5) is 33.0. The third kappa shape index (κ3) is 4.38. The number of carbonyl (C=O) groups is 2. The van der Waals surface area contributed by atoms with Crippen LogP contribution in [0.25, 0.3) is 5.57 Å². The summed E-state index contributed by atoms with van der Waals surface area (Å²) in [6.07, 6.45) is 0.877. The summed E-state index contributed by atoms with van der Waals surface area (Å²) in [5.74, 6) is 0.0263. The molecule has 32 heavy (non-hydrogen) atoms. The van der Waals surface area contributed by atoms with E-state index in [0.29, 0.717) is 53.0 Å². The third-order valence-corrected chi connectivity index (χ3v) is 6.13. The number of amides is 2. The SMILES string of the molecule is CCCOc1cccc(N2C(=O)C(c3ccc(Cl)cc3)=C(N3CCN(CC)CC3)C2=O)c1. The number of anilines is 1. The number of hydrogen-bond donors (Lipinski definition) is 0. The number of likely N-dealkylation sites (N-methyl/N-ethyl adjacent to an activating group) is 1. The predicted molar refractivity (Wildman–Crippen MR) is 127 cm³/mol. The van der Waals surface area contributed by atoms with Crippen LogP contribution in [0.4, 0.5) is 5.69 Å². The molecule has 2 aromatic rings. The molecule has 0 aromatic heterocycles. The summed E-state index contributed by atoms with van der Waals surface area (Å²) in [7, 11) is 0. The Bertz CT molecular complexity index is 1030. The Labute approximate surface area is 194 Å². The van der Waals surface area contributed by atoms with Gasteiger partial charge in [0.25, 0.3) is 11.8 Å². The normalized spacial score (nSPS) is 17.5. The second-order valence-corrected chi connectivity index (χ2v) is 8.38. The molecule has 0 radical (unpaired) electrons. The topological polar surface area (TPSA) is 53.1 Å². The van der Waals surface area contributed by atoms with Gasteiger partial charge in [-0.2, -0.15) is 0 Å². The molecule has 0 saturated carbocycles. The molecule has 0 atom stereocenters. The van der Waals surface area contributed by atoms with E-state index < -0.39 is 0 Å². The highest BCUT2D eigenvalue weighted by Gasteiger charge is 2.43. The largest absolute Gasteiger partial charge is 0.494 e. The van der Waals surface area contributed by atoms with Gasteiger partial charge in [-0.3, -0.25) is 9.59 Å². The Morgan fingerprint density at radius 3 is 2.31 bits per heavy atom. The molecule has 0 aliphatic carbocycles. The first kappa shape index (κ1) is 22.4. The van der Waals surface area contributed by atoms with Gasteiger partial charge in [-0.25, -0.2) is 4.90 Å². The Morgan fingerprint density at radius 1 is 0.938 bits per heavy atom. The third-order valence-electron chi connectivity index (χ3n) is 5.88. The molecule has 6 nitrogen and oxygen atoms in total. The first-order valence-electron chi connectivity index (χ1n) is 11.1. The number of nitrogens with zero attached hydrogens (tertiary/aromatic N) is 3. The fraction of sp³-hybridized carbons (Fsp3) is 0.360. The fourth-order valence-electron chi connectivity index (χ4n) is 4.14. The Balaban J connectivity index is 1.72. The van der Waals surface area contributed by atoms with Gasteiger partial charge >= 0.3 is 0 Å². The van der Waals surface area contributed by atoms with Crippen LogP contribution in [-0.2, 0) is 9.59 Å². The molecule has 7 heteroatoms. The van der Waals surface area contributed by atoms with Crippen molar-refractivity contribution in [1.29, 1.82) is 0 Å². The summed E-state index contributed by atoms with van der Waals surface area (Å²) in [5, 5.41) is 0.585. The minimum absolute atomic E-state index is 0.294. The summed E-state index contributed by atoms with van der Waals surface area (Å²) >= 11 is 6.08. The van der Waals surface area contributed by atoms with Crippen LogP contribution in [0.5, 0.6) is 5.75 Å². The number of benzene rings is 2. The van der Waals surface area contributed by atoms with Crippen molar-refractivity contribution >= 4 is 34.7 Å². The fourth-order valence-corrected chi connectivity index (χ4v) is 4.27. The zero-order valence-corrected chi connectivity index (χ0v) is 19.3. The zero-order valence-electron chi connectivity index (χ0n) is 18.5. The minimum atomic E-state index is -0.321. The maximum atomic E-state index is 13.7. The van der Waals surface area contributed by atoms with Crippen molar-refractivity contribution in [2.45, 2.75) is 20.3 Å². The molecule has 2 heterocycles. The van der Waals surface area contributed by atoms with E-state index in [1.807, 2.05) is 17.9 Å². The second-order valence-electron chi connectivity index (χ2n) is 7.94. The summed E-state index contributed by atoms with van der Waals surface area (Å²) < 4.78 is 5.72. The van der Waals surface area contributed by atoms with Gasteiger partial charge in [-0.15, -0.1) is 0 Å². The van der Waals surface area contributed by atoms with Gasteiger partial charge in [-0.1, -0.05) is 43.6 Å². The van der Waals surface area contributed by atoms with Crippen molar-refractivity contribution in [2.75, 3.05) is 44.2 Å². The number of halogens is 1. The molecule has 0 bridgehead atoms. The van der Waals surface area contributed by atoms with Crippen molar-refractivity contribution < 1.29 is 14.3 Å². The van der Waals surface area contributed by atoms with Crippen molar-refractivity contribution in [2.24, 2.45) is 0 Å². The molecule has 1 saturated heterocycles. The Morgan fingerprint density at radius 2 is 1.66 bits per heavy atom. The maximum Gasteiger partial charge on any atom is 0.282 e. The van der Waals surface area contributed by atoms with Gasteiger partial charge in [0.05, 0.1) is 17.9 Å². The molecular formula is C25H28ClN3O3. The average molecular weight is 454 g/mol. The molecule has 168 valence electrons. The van der Waals surface area contributed by atoms with Crippen LogP contribution in [0.15, 0.2) is 54.2 Å². The van der Waals surface area contributed by atoms with Crippen LogP contribution in [0, 0.1) is 0 Å². The van der Waals surface area contributed by atoms with E-state index >= 15 is 0 Å². The number of ether oxygens (including phenoxy) is 1. The molecule has 0 unspecified atom stereocenters. The van der Waals surface area contributed by atoms with Gasteiger partial charge < -0.3 is 14.5 Å². The first-order valence-corrected chi connectivity index (χ1v) is 11.5. The molecule has 2 amide bonds. The Hall–Kier alpha value is -2.83. The molecule has 4 rings (SSSR count). The van der Waals surface area contributed by atoms with E-state index in [2.05, 4.69) is 11.8 Å². The standard InChI is InChI=1S/C25H28ClN3O3/c1-3-16-32-21-7-5-6-20(17-21)29-24(30)22(18-8-10-19(26)11-9-18)23(25(29)31)28-14-12-27(4-2)13-15-28/h5-11,17H,3-4,12-16H2,1-2H3. The van der Waals surface area contributed by atoms with Crippen molar-refractivity contribution in [3.63, 3.8) is 0 Å². The van der Waals surface area contributed by atoms with Crippen LogP contribution in [-0.4, -0.2) is 60.9 Å². The van der Waals surface area contributed by atoms with E-state index in [-0.39, 0.29) is 11.8 Å². The number of carbonyl (C=O) groups excluding carboxylic acids is 2. The van der Waals surface area contributed by atoms with Crippen molar-refractivity contribution in [3.05, 3.63) is 64.8 Å². The van der Waals surface area contributed by atoms with Gasteiger partial charge in [0.2, 0.25) is 0 Å². The van der Waals surface area contributed by atoms with E-state index in [0.717, 1.165) is 26.1 Å². The molecule has 2 aliphatic heterocycles. The van der Waals surface area contributed by atoms with Crippen LogP contribution >= 0.6 is 11.6 Å². The molecule has 0 N–H and O–H groups in total. The maximum absolute atomic E-state index is 13.7. The highest BCUT2D eigenvalue weighted by molar-refractivity contribution is 6.45.